The summed E-state index contributed by atoms with van der Waals surface area (Å²) in [7, 11) is 3.81. The Labute approximate surface area is 111 Å². The Hall–Kier alpha value is -0.490. The molecule has 0 amide bonds. The molecule has 0 unspecified atom stereocenters. The fourth-order valence-corrected chi connectivity index (χ4v) is 1.66. The first-order chi connectivity index (χ1) is 8.22. The SMILES string of the molecule is COCCNCCN(C)Cc1ccc(Br)cn1. The Morgan fingerprint density at radius 1 is 1.41 bits per heavy atom. The summed E-state index contributed by atoms with van der Waals surface area (Å²) in [6, 6.07) is 4.06. The van der Waals surface area contributed by atoms with Gasteiger partial charge in [0.05, 0.1) is 12.3 Å². The molecule has 0 aromatic carbocycles. The fourth-order valence-electron chi connectivity index (χ4n) is 1.42. The van der Waals surface area contributed by atoms with E-state index in [9.17, 15) is 0 Å². The topological polar surface area (TPSA) is 37.4 Å². The first kappa shape index (κ1) is 14.6. The molecule has 1 aromatic rings. The quantitative estimate of drug-likeness (QED) is 0.739. The standard InChI is InChI=1S/C12H20BrN3O/c1-16(7-5-14-6-8-17-2)10-12-4-3-11(13)9-15-12/h3-4,9,14H,5-8,10H2,1-2H3. The van der Waals surface area contributed by atoms with Gasteiger partial charge in [-0.15, -0.1) is 0 Å². The zero-order chi connectivity index (χ0) is 12.5. The van der Waals surface area contributed by atoms with Gasteiger partial charge in [0.1, 0.15) is 0 Å². The monoisotopic (exact) mass is 301 g/mol. The van der Waals surface area contributed by atoms with E-state index in [0.29, 0.717) is 0 Å². The second-order valence-electron chi connectivity index (χ2n) is 3.95. The Kier molecular flexibility index (Phi) is 7.35. The van der Waals surface area contributed by atoms with Crippen LogP contribution < -0.4 is 5.32 Å². The first-order valence-electron chi connectivity index (χ1n) is 5.71. The molecule has 5 heteroatoms. The van der Waals surface area contributed by atoms with Gasteiger partial charge in [-0.05, 0) is 35.1 Å². The van der Waals surface area contributed by atoms with Crippen LogP contribution in [-0.2, 0) is 11.3 Å². The van der Waals surface area contributed by atoms with E-state index < -0.39 is 0 Å². The summed E-state index contributed by atoms with van der Waals surface area (Å²) in [6.07, 6.45) is 1.83. The summed E-state index contributed by atoms with van der Waals surface area (Å²) in [5, 5.41) is 3.32. The van der Waals surface area contributed by atoms with Crippen molar-refractivity contribution in [2.45, 2.75) is 6.54 Å². The molecule has 0 spiro atoms. The highest BCUT2D eigenvalue weighted by Gasteiger charge is 2.00. The van der Waals surface area contributed by atoms with Crippen LogP contribution in [-0.4, -0.2) is 50.3 Å². The maximum absolute atomic E-state index is 4.97. The van der Waals surface area contributed by atoms with E-state index in [2.05, 4.69) is 38.2 Å². The lowest BCUT2D eigenvalue weighted by atomic mass is 10.3. The summed E-state index contributed by atoms with van der Waals surface area (Å²) >= 11 is 3.38. The molecule has 0 atom stereocenters. The largest absolute Gasteiger partial charge is 0.383 e. The number of likely N-dealkylation sites (N-methyl/N-ethyl adjacent to an activating group) is 1. The van der Waals surface area contributed by atoms with Crippen LogP contribution in [0.25, 0.3) is 0 Å². The van der Waals surface area contributed by atoms with Crippen molar-refractivity contribution in [1.82, 2.24) is 15.2 Å². The van der Waals surface area contributed by atoms with Gasteiger partial charge in [0.15, 0.2) is 0 Å². The number of hydrogen-bond acceptors (Lipinski definition) is 4. The van der Waals surface area contributed by atoms with E-state index in [-0.39, 0.29) is 0 Å². The van der Waals surface area contributed by atoms with Gasteiger partial charge in [0, 0.05) is 44.0 Å². The lowest BCUT2D eigenvalue weighted by Gasteiger charge is -2.16. The molecule has 1 rings (SSSR count). The van der Waals surface area contributed by atoms with Crippen LogP contribution in [0.4, 0.5) is 0 Å². The van der Waals surface area contributed by atoms with Crippen LogP contribution >= 0.6 is 15.9 Å². The number of methoxy groups -OCH3 is 1. The number of nitrogens with one attached hydrogen (secondary N) is 1. The Balaban J connectivity index is 2.16. The van der Waals surface area contributed by atoms with Gasteiger partial charge in [-0.2, -0.15) is 0 Å². The molecule has 0 bridgehead atoms. The number of aromatic nitrogens is 1. The van der Waals surface area contributed by atoms with Crippen molar-refractivity contribution in [3.63, 3.8) is 0 Å². The molecule has 0 aliphatic heterocycles. The zero-order valence-corrected chi connectivity index (χ0v) is 12.0. The highest BCUT2D eigenvalue weighted by Crippen LogP contribution is 2.08. The molecule has 0 saturated heterocycles. The number of nitrogens with zero attached hydrogens (tertiary/aromatic N) is 2. The number of pyridine rings is 1. The Morgan fingerprint density at radius 2 is 2.24 bits per heavy atom. The van der Waals surface area contributed by atoms with Crippen molar-refractivity contribution in [2.24, 2.45) is 0 Å². The van der Waals surface area contributed by atoms with Gasteiger partial charge >= 0.3 is 0 Å². The second-order valence-corrected chi connectivity index (χ2v) is 4.86. The lowest BCUT2D eigenvalue weighted by molar-refractivity contribution is 0.197. The molecule has 0 aliphatic carbocycles. The van der Waals surface area contributed by atoms with E-state index in [1.807, 2.05) is 18.3 Å². The van der Waals surface area contributed by atoms with Crippen LogP contribution in [0.2, 0.25) is 0 Å². The highest BCUT2D eigenvalue weighted by atomic mass is 79.9. The van der Waals surface area contributed by atoms with Gasteiger partial charge in [-0.25, -0.2) is 0 Å². The van der Waals surface area contributed by atoms with Gasteiger partial charge in [0.25, 0.3) is 0 Å². The summed E-state index contributed by atoms with van der Waals surface area (Å²) in [5.74, 6) is 0. The predicted octanol–water partition coefficient (Wildman–Crippen LogP) is 1.51. The number of hydrogen-bond donors (Lipinski definition) is 1. The minimum absolute atomic E-state index is 0.762. The van der Waals surface area contributed by atoms with Gasteiger partial charge in [-0.3, -0.25) is 9.88 Å². The minimum Gasteiger partial charge on any atom is -0.383 e. The van der Waals surface area contributed by atoms with Crippen LogP contribution in [0.3, 0.4) is 0 Å². The summed E-state index contributed by atoms with van der Waals surface area (Å²) in [4.78, 5) is 6.59. The molecular formula is C12H20BrN3O. The minimum atomic E-state index is 0.762. The highest BCUT2D eigenvalue weighted by molar-refractivity contribution is 9.10. The Morgan fingerprint density at radius 3 is 2.88 bits per heavy atom. The lowest BCUT2D eigenvalue weighted by Crippen LogP contribution is -2.30. The fraction of sp³-hybridized carbons (Fsp3) is 0.583. The van der Waals surface area contributed by atoms with Crippen molar-refractivity contribution < 1.29 is 4.74 Å². The van der Waals surface area contributed by atoms with Gasteiger partial charge in [0.2, 0.25) is 0 Å². The zero-order valence-electron chi connectivity index (χ0n) is 10.4. The molecule has 1 N–H and O–H groups in total. The normalized spacial score (nSPS) is 11.1. The number of halogens is 1. The molecule has 0 fully saturated rings. The van der Waals surface area contributed by atoms with Crippen molar-refractivity contribution >= 4 is 15.9 Å². The van der Waals surface area contributed by atoms with Crippen molar-refractivity contribution in [1.29, 1.82) is 0 Å². The molecule has 0 aliphatic rings. The maximum Gasteiger partial charge on any atom is 0.0587 e. The molecule has 17 heavy (non-hydrogen) atoms. The molecule has 1 heterocycles. The van der Waals surface area contributed by atoms with Crippen LogP contribution in [0.5, 0.6) is 0 Å². The summed E-state index contributed by atoms with van der Waals surface area (Å²) < 4.78 is 5.98. The van der Waals surface area contributed by atoms with E-state index in [0.717, 1.165) is 43.0 Å². The molecular weight excluding hydrogens is 282 g/mol. The van der Waals surface area contributed by atoms with E-state index in [1.54, 1.807) is 7.11 Å². The average Bonchev–Trinajstić information content (AvgIpc) is 2.32. The van der Waals surface area contributed by atoms with Crippen molar-refractivity contribution in [3.8, 4) is 0 Å². The summed E-state index contributed by atoms with van der Waals surface area (Å²) in [6.45, 7) is 4.51. The molecule has 0 saturated carbocycles. The molecule has 1 aromatic heterocycles. The number of ether oxygens (including phenoxy) is 1. The molecule has 0 radical (unpaired) electrons. The van der Waals surface area contributed by atoms with Crippen LogP contribution in [0, 0.1) is 0 Å². The third kappa shape index (κ3) is 6.73. The third-order valence-corrected chi connectivity index (χ3v) is 2.84. The number of rotatable bonds is 8. The molecule has 96 valence electrons. The Bertz CT molecular complexity index is 305. The van der Waals surface area contributed by atoms with E-state index in [4.69, 9.17) is 4.74 Å². The van der Waals surface area contributed by atoms with E-state index >= 15 is 0 Å². The van der Waals surface area contributed by atoms with Crippen LogP contribution in [0.1, 0.15) is 5.69 Å². The first-order valence-corrected chi connectivity index (χ1v) is 6.50. The summed E-state index contributed by atoms with van der Waals surface area (Å²) in [5.41, 5.74) is 1.09. The smallest absolute Gasteiger partial charge is 0.0587 e. The van der Waals surface area contributed by atoms with Crippen LogP contribution in [0.15, 0.2) is 22.8 Å². The van der Waals surface area contributed by atoms with E-state index in [1.165, 1.54) is 0 Å². The third-order valence-electron chi connectivity index (χ3n) is 2.37. The van der Waals surface area contributed by atoms with Crippen molar-refractivity contribution in [2.75, 3.05) is 40.4 Å². The predicted molar refractivity (Wildman–Crippen MR) is 73.0 cm³/mol. The average molecular weight is 302 g/mol. The van der Waals surface area contributed by atoms with Crippen molar-refractivity contribution in [3.05, 3.63) is 28.5 Å². The second kappa shape index (κ2) is 8.58. The maximum atomic E-state index is 4.97. The molecule has 4 nitrogen and oxygen atoms in total. The van der Waals surface area contributed by atoms with Gasteiger partial charge in [-0.1, -0.05) is 0 Å². The van der Waals surface area contributed by atoms with Gasteiger partial charge < -0.3 is 10.1 Å².